The molecule has 0 spiro atoms. The zero-order chi connectivity index (χ0) is 26.8. The van der Waals surface area contributed by atoms with Gasteiger partial charge in [0.15, 0.2) is 0 Å². The number of benzene rings is 3. The highest BCUT2D eigenvalue weighted by molar-refractivity contribution is 5.81. The molecule has 1 aliphatic rings. The third kappa shape index (κ3) is 5.45. The number of para-hydroxylation sites is 1. The number of aromatic hydroxyl groups is 1. The van der Waals surface area contributed by atoms with E-state index in [9.17, 15) is 9.90 Å². The molecule has 6 rings (SSSR count). The Kier molecular flexibility index (Phi) is 6.42. The van der Waals surface area contributed by atoms with E-state index in [0.717, 1.165) is 35.4 Å². The molecular weight excluding hydrogens is 496 g/mol. The molecule has 1 saturated heterocycles. The molecule has 3 heterocycles. The Hall–Kier alpha value is -5.12. The fourth-order valence-electron chi connectivity index (χ4n) is 4.54. The van der Waals surface area contributed by atoms with E-state index < -0.39 is 5.63 Å². The van der Waals surface area contributed by atoms with E-state index in [1.807, 2.05) is 55.5 Å². The molecule has 0 radical (unpaired) electrons. The van der Waals surface area contributed by atoms with Crippen molar-refractivity contribution in [2.45, 2.75) is 6.92 Å². The van der Waals surface area contributed by atoms with Crippen LogP contribution in [0, 0.1) is 6.92 Å². The van der Waals surface area contributed by atoms with Crippen molar-refractivity contribution in [3.63, 3.8) is 0 Å². The van der Waals surface area contributed by atoms with Crippen LogP contribution in [0.15, 0.2) is 88.1 Å². The summed E-state index contributed by atoms with van der Waals surface area (Å²) in [6.07, 6.45) is 0. The Morgan fingerprint density at radius 3 is 2.38 bits per heavy atom. The summed E-state index contributed by atoms with van der Waals surface area (Å²) in [5.41, 5.74) is 2.73. The summed E-state index contributed by atoms with van der Waals surface area (Å²) < 4.78 is 11.4. The number of anilines is 4. The first-order valence-corrected chi connectivity index (χ1v) is 12.6. The van der Waals surface area contributed by atoms with E-state index in [0.29, 0.717) is 36.3 Å². The fourth-order valence-corrected chi connectivity index (χ4v) is 4.54. The third-order valence-corrected chi connectivity index (χ3v) is 6.54. The number of ether oxygens (including phenoxy) is 1. The Bertz CT molecular complexity index is 1670. The van der Waals surface area contributed by atoms with E-state index in [4.69, 9.17) is 9.15 Å². The Morgan fingerprint density at radius 2 is 1.62 bits per heavy atom. The molecule has 0 saturated carbocycles. The van der Waals surface area contributed by atoms with Gasteiger partial charge >= 0.3 is 11.6 Å². The highest BCUT2D eigenvalue weighted by Crippen LogP contribution is 2.28. The Balaban J connectivity index is 1.28. The zero-order valence-corrected chi connectivity index (χ0v) is 21.2. The molecule has 1 aliphatic heterocycles. The molecule has 0 aliphatic carbocycles. The van der Waals surface area contributed by atoms with Crippen molar-refractivity contribution in [1.29, 1.82) is 0 Å². The predicted molar refractivity (Wildman–Crippen MR) is 149 cm³/mol. The average molecular weight is 523 g/mol. The highest BCUT2D eigenvalue weighted by Gasteiger charge is 2.22. The summed E-state index contributed by atoms with van der Waals surface area (Å²) in [5, 5.41) is 13.7. The van der Waals surface area contributed by atoms with Crippen LogP contribution in [-0.4, -0.2) is 46.2 Å². The molecule has 2 N–H and O–H groups in total. The number of rotatable bonds is 6. The molecule has 196 valence electrons. The van der Waals surface area contributed by atoms with Crippen molar-refractivity contribution < 1.29 is 14.3 Å². The van der Waals surface area contributed by atoms with Crippen LogP contribution < -0.4 is 25.5 Å². The molecule has 1 fully saturated rings. The minimum atomic E-state index is -0.416. The van der Waals surface area contributed by atoms with Crippen molar-refractivity contribution >= 4 is 34.2 Å². The fraction of sp³-hybridized carbons (Fsp3) is 0.172. The second kappa shape index (κ2) is 10.3. The van der Waals surface area contributed by atoms with Crippen molar-refractivity contribution in [1.82, 2.24) is 15.0 Å². The lowest BCUT2D eigenvalue weighted by Gasteiger charge is -2.36. The predicted octanol–water partition coefficient (Wildman–Crippen LogP) is 4.85. The van der Waals surface area contributed by atoms with Gasteiger partial charge in [-0.15, -0.1) is 0 Å². The van der Waals surface area contributed by atoms with Gasteiger partial charge in [-0.05, 0) is 61.0 Å². The number of aryl methyl sites for hydroxylation is 1. The lowest BCUT2D eigenvalue weighted by atomic mass is 10.1. The SMILES string of the molecule is Cc1cc(=O)oc2cc(Oc3nc(Nc4ccccc4)nc(N4CCN(c5ccc(O)cc5)CC4)n3)ccc12. The summed E-state index contributed by atoms with van der Waals surface area (Å²) in [5.74, 6) is 1.53. The van der Waals surface area contributed by atoms with E-state index in [2.05, 4.69) is 30.1 Å². The van der Waals surface area contributed by atoms with Crippen LogP contribution in [0.25, 0.3) is 11.0 Å². The number of nitrogens with zero attached hydrogens (tertiary/aromatic N) is 5. The van der Waals surface area contributed by atoms with Gasteiger partial charge in [0.2, 0.25) is 11.9 Å². The maximum atomic E-state index is 11.9. The van der Waals surface area contributed by atoms with Gasteiger partial charge in [0.05, 0.1) is 0 Å². The first-order valence-electron chi connectivity index (χ1n) is 12.6. The van der Waals surface area contributed by atoms with Gasteiger partial charge < -0.3 is 29.4 Å². The van der Waals surface area contributed by atoms with Crippen LogP contribution in [0.5, 0.6) is 17.5 Å². The summed E-state index contributed by atoms with van der Waals surface area (Å²) in [4.78, 5) is 30.0. The number of fused-ring (bicyclic) bond motifs is 1. The average Bonchev–Trinajstić information content (AvgIpc) is 2.94. The first kappa shape index (κ1) is 24.2. The van der Waals surface area contributed by atoms with Crippen LogP contribution >= 0.6 is 0 Å². The van der Waals surface area contributed by atoms with Gasteiger partial charge in [0, 0.05) is 55.1 Å². The number of phenolic OH excluding ortho intramolecular Hbond substituents is 1. The van der Waals surface area contributed by atoms with Gasteiger partial charge in [-0.2, -0.15) is 15.0 Å². The normalized spacial score (nSPS) is 13.5. The Labute approximate surface area is 224 Å². The van der Waals surface area contributed by atoms with Crippen LogP contribution in [0.1, 0.15) is 5.56 Å². The highest BCUT2D eigenvalue weighted by atomic mass is 16.5. The third-order valence-electron chi connectivity index (χ3n) is 6.54. The topological polar surface area (TPSA) is 117 Å². The van der Waals surface area contributed by atoms with Crippen molar-refractivity contribution in [2.75, 3.05) is 41.3 Å². The molecule has 0 atom stereocenters. The second-order valence-corrected chi connectivity index (χ2v) is 9.23. The summed E-state index contributed by atoms with van der Waals surface area (Å²) in [7, 11) is 0. The molecule has 0 unspecified atom stereocenters. The molecule has 0 bridgehead atoms. The quantitative estimate of drug-likeness (QED) is 0.300. The number of piperazine rings is 1. The monoisotopic (exact) mass is 522 g/mol. The summed E-state index contributed by atoms with van der Waals surface area (Å²) in [6.45, 7) is 4.76. The molecule has 10 heteroatoms. The lowest BCUT2D eigenvalue weighted by molar-refractivity contribution is 0.438. The van der Waals surface area contributed by atoms with E-state index >= 15 is 0 Å². The van der Waals surface area contributed by atoms with Crippen molar-refractivity contribution in [3.8, 4) is 17.5 Å². The first-order chi connectivity index (χ1) is 19.0. The Morgan fingerprint density at radius 1 is 0.872 bits per heavy atom. The van der Waals surface area contributed by atoms with E-state index in [1.54, 1.807) is 24.3 Å². The second-order valence-electron chi connectivity index (χ2n) is 9.23. The molecule has 2 aromatic heterocycles. The molecule has 5 aromatic rings. The number of aromatic nitrogens is 3. The van der Waals surface area contributed by atoms with Gasteiger partial charge in [-0.1, -0.05) is 18.2 Å². The van der Waals surface area contributed by atoms with Crippen LogP contribution in [0.2, 0.25) is 0 Å². The van der Waals surface area contributed by atoms with Crippen LogP contribution in [0.4, 0.5) is 23.3 Å². The number of hydrogen-bond acceptors (Lipinski definition) is 10. The van der Waals surface area contributed by atoms with E-state index in [1.165, 1.54) is 6.07 Å². The standard InChI is InChI=1S/C29H26N6O4/c1-19-17-26(37)39-25-18-23(11-12-24(19)25)38-29-32-27(30-20-5-3-2-4-6-20)31-28(33-29)35-15-13-34(14-16-35)21-7-9-22(36)10-8-21/h2-12,17-18,36H,13-16H2,1H3,(H,30,31,32,33). The molecule has 0 amide bonds. The summed E-state index contributed by atoms with van der Waals surface area (Å²) >= 11 is 0. The van der Waals surface area contributed by atoms with Crippen molar-refractivity contribution in [3.05, 3.63) is 94.8 Å². The molecule has 39 heavy (non-hydrogen) atoms. The van der Waals surface area contributed by atoms with Gasteiger partial charge in [-0.25, -0.2) is 4.79 Å². The largest absolute Gasteiger partial charge is 0.508 e. The lowest BCUT2D eigenvalue weighted by Crippen LogP contribution is -2.47. The minimum Gasteiger partial charge on any atom is -0.508 e. The molecule has 10 nitrogen and oxygen atoms in total. The minimum absolute atomic E-state index is 0.119. The number of phenols is 1. The van der Waals surface area contributed by atoms with Gasteiger partial charge in [0.25, 0.3) is 0 Å². The molecular formula is C29H26N6O4. The van der Waals surface area contributed by atoms with Crippen molar-refractivity contribution in [2.24, 2.45) is 0 Å². The zero-order valence-electron chi connectivity index (χ0n) is 21.2. The van der Waals surface area contributed by atoms with Gasteiger partial charge in [-0.3, -0.25) is 0 Å². The number of hydrogen-bond donors (Lipinski definition) is 2. The number of nitrogens with one attached hydrogen (secondary N) is 1. The smallest absolute Gasteiger partial charge is 0.336 e. The maximum absolute atomic E-state index is 11.9. The van der Waals surface area contributed by atoms with Crippen LogP contribution in [0.3, 0.4) is 0 Å². The molecule has 3 aromatic carbocycles. The summed E-state index contributed by atoms with van der Waals surface area (Å²) in [6, 6.07) is 23.7. The van der Waals surface area contributed by atoms with E-state index in [-0.39, 0.29) is 11.8 Å². The maximum Gasteiger partial charge on any atom is 0.336 e. The van der Waals surface area contributed by atoms with Gasteiger partial charge in [0.1, 0.15) is 17.1 Å². The van der Waals surface area contributed by atoms with Crippen LogP contribution in [-0.2, 0) is 0 Å².